The number of anilines is 4. The highest BCUT2D eigenvalue weighted by Gasteiger charge is 2.92. The van der Waals surface area contributed by atoms with Crippen molar-refractivity contribution in [1.29, 1.82) is 0 Å². The van der Waals surface area contributed by atoms with Crippen LogP contribution in [0.4, 0.5) is 75.4 Å². The van der Waals surface area contributed by atoms with Gasteiger partial charge in [-0.2, -0.15) is 52.7 Å². The van der Waals surface area contributed by atoms with Crippen LogP contribution in [0.5, 0.6) is 0 Å². The lowest BCUT2D eigenvalue weighted by molar-refractivity contribution is -0.414. The quantitative estimate of drug-likeness (QED) is 0.244. The van der Waals surface area contributed by atoms with Crippen LogP contribution in [0.3, 0.4) is 0 Å². The van der Waals surface area contributed by atoms with Crippen molar-refractivity contribution in [2.75, 3.05) is 22.1 Å². The van der Waals surface area contributed by atoms with Gasteiger partial charge in [0.15, 0.2) is 0 Å². The van der Waals surface area contributed by atoms with Crippen molar-refractivity contribution >= 4 is 34.6 Å². The first-order valence-corrected chi connectivity index (χ1v) is 9.65. The predicted molar refractivity (Wildman–Crippen MR) is 109 cm³/mol. The molecule has 0 aromatic heterocycles. The van der Waals surface area contributed by atoms with Gasteiger partial charge in [0.2, 0.25) is 0 Å². The molecular weight excluding hydrogens is 556 g/mol. The molecule has 0 aliphatic carbocycles. The summed E-state index contributed by atoms with van der Waals surface area (Å²) in [5.41, 5.74) is 8.75. The second kappa shape index (κ2) is 9.46. The molecule has 2 rings (SSSR count). The monoisotopic (exact) mass is 570 g/mol. The third-order valence-electron chi connectivity index (χ3n) is 4.88. The summed E-state index contributed by atoms with van der Waals surface area (Å²) in [6.07, 6.45) is 0. The van der Waals surface area contributed by atoms with Crippen LogP contribution in [-0.4, -0.2) is 47.3 Å². The Morgan fingerprint density at radius 1 is 0.474 bits per heavy atom. The Balaban J connectivity index is 2.42. The SMILES string of the molecule is Nc1ccc(NC(=O)C(F)(F)C(F)(F)C(F)(F)C(F)(F)C(F)(F)C(F)(F)C(=O)Nc2ccc(N)cc2)cc1. The van der Waals surface area contributed by atoms with Gasteiger partial charge in [-0.3, -0.25) is 9.59 Å². The number of carbonyl (C=O) groups excluding carboxylic acids is 2. The normalized spacial score (nSPS) is 13.7. The Bertz CT molecular complexity index is 1090. The number of halogens is 12. The number of rotatable bonds is 9. The summed E-state index contributed by atoms with van der Waals surface area (Å²) in [6.45, 7) is 0. The largest absolute Gasteiger partial charge is 0.399 e. The van der Waals surface area contributed by atoms with Gasteiger partial charge in [0.25, 0.3) is 0 Å². The van der Waals surface area contributed by atoms with Crippen LogP contribution >= 0.6 is 0 Å². The van der Waals surface area contributed by atoms with E-state index in [0.717, 1.165) is 34.9 Å². The van der Waals surface area contributed by atoms with Gasteiger partial charge in [-0.1, -0.05) is 0 Å². The van der Waals surface area contributed by atoms with Crippen molar-refractivity contribution in [2.24, 2.45) is 0 Å². The minimum atomic E-state index is -8.05. The number of nitrogens with two attached hydrogens (primary N) is 2. The fourth-order valence-electron chi connectivity index (χ4n) is 2.63. The molecule has 0 aliphatic heterocycles. The molecule has 0 radical (unpaired) electrons. The van der Waals surface area contributed by atoms with E-state index in [-0.39, 0.29) is 11.4 Å². The summed E-state index contributed by atoms with van der Waals surface area (Å²) >= 11 is 0. The van der Waals surface area contributed by atoms with Crippen LogP contribution in [-0.2, 0) is 9.59 Å². The molecule has 0 heterocycles. The zero-order chi connectivity index (χ0) is 29.5. The molecule has 0 atom stereocenters. The molecule has 0 saturated heterocycles. The summed E-state index contributed by atoms with van der Waals surface area (Å²) in [7, 11) is 0. The molecule has 210 valence electrons. The van der Waals surface area contributed by atoms with E-state index in [1.807, 2.05) is 0 Å². The van der Waals surface area contributed by atoms with E-state index < -0.39 is 58.7 Å². The molecule has 0 unspecified atom stereocenters. The summed E-state index contributed by atoms with van der Waals surface area (Å²) in [5, 5.41) is 1.89. The first-order valence-electron chi connectivity index (χ1n) is 9.65. The molecule has 0 bridgehead atoms. The lowest BCUT2D eigenvalue weighted by atomic mass is 9.90. The number of nitrogen functional groups attached to an aromatic ring is 2. The van der Waals surface area contributed by atoms with E-state index >= 15 is 0 Å². The summed E-state index contributed by atoms with van der Waals surface area (Å²) in [4.78, 5) is 23.1. The third-order valence-corrected chi connectivity index (χ3v) is 4.88. The fourth-order valence-corrected chi connectivity index (χ4v) is 2.63. The predicted octanol–water partition coefficient (Wildman–Crippen LogP) is 5.24. The van der Waals surface area contributed by atoms with Crippen molar-refractivity contribution in [3.63, 3.8) is 0 Å². The molecule has 6 nitrogen and oxygen atoms in total. The zero-order valence-corrected chi connectivity index (χ0v) is 18.1. The van der Waals surface area contributed by atoms with Gasteiger partial charge in [-0.05, 0) is 48.5 Å². The molecule has 0 spiro atoms. The average molecular weight is 570 g/mol. The Kier molecular flexibility index (Phi) is 7.56. The van der Waals surface area contributed by atoms with Crippen LogP contribution in [0, 0.1) is 0 Å². The molecular formula is C20H14F12N4O2. The first kappa shape index (κ1) is 30.4. The third kappa shape index (κ3) is 4.73. The minimum Gasteiger partial charge on any atom is -0.399 e. The van der Waals surface area contributed by atoms with Gasteiger partial charge in [0, 0.05) is 22.7 Å². The molecule has 0 saturated carbocycles. The number of carbonyl (C=O) groups is 2. The average Bonchev–Trinajstić information content (AvgIpc) is 2.81. The van der Waals surface area contributed by atoms with Gasteiger partial charge >= 0.3 is 47.3 Å². The standard InChI is InChI=1S/C20H14F12N4O2/c21-15(22,13(37)35-11-5-1-9(33)2-6-11)17(25,26)19(29,30)20(31,32)18(27,28)16(23,24)14(38)36-12-7-3-10(34)4-8-12/h1-8H,33-34H2,(H,35,37)(H,36,38). The highest BCUT2D eigenvalue weighted by atomic mass is 19.4. The van der Waals surface area contributed by atoms with E-state index in [1.54, 1.807) is 0 Å². The maximum absolute atomic E-state index is 14.1. The van der Waals surface area contributed by atoms with Crippen LogP contribution in [0.15, 0.2) is 48.5 Å². The van der Waals surface area contributed by atoms with Gasteiger partial charge in [0.05, 0.1) is 0 Å². The molecule has 6 N–H and O–H groups in total. The molecule has 0 aliphatic rings. The lowest BCUT2D eigenvalue weighted by Gasteiger charge is -2.40. The number of hydrogen-bond acceptors (Lipinski definition) is 4. The highest BCUT2D eigenvalue weighted by Crippen LogP contribution is 2.60. The zero-order valence-electron chi connectivity index (χ0n) is 18.1. The van der Waals surface area contributed by atoms with Crippen LogP contribution in [0.2, 0.25) is 0 Å². The summed E-state index contributed by atoms with van der Waals surface area (Å²) in [5.74, 6) is -52.1. The first-order chi connectivity index (χ1) is 17.0. The van der Waals surface area contributed by atoms with Gasteiger partial charge in [-0.15, -0.1) is 0 Å². The van der Waals surface area contributed by atoms with E-state index in [4.69, 9.17) is 11.5 Å². The number of amides is 2. The second-order valence-electron chi connectivity index (χ2n) is 7.60. The molecule has 2 aromatic rings. The van der Waals surface area contributed by atoms with Crippen LogP contribution in [0.1, 0.15) is 0 Å². The highest BCUT2D eigenvalue weighted by molar-refractivity contribution is 5.98. The van der Waals surface area contributed by atoms with Crippen molar-refractivity contribution in [3.8, 4) is 0 Å². The summed E-state index contributed by atoms with van der Waals surface area (Å²) < 4.78 is 168. The Hall–Kier alpha value is -3.86. The van der Waals surface area contributed by atoms with E-state index in [1.165, 1.54) is 0 Å². The van der Waals surface area contributed by atoms with Gasteiger partial charge in [-0.25, -0.2) is 0 Å². The molecule has 2 amide bonds. The second-order valence-corrected chi connectivity index (χ2v) is 7.60. The summed E-state index contributed by atoms with van der Waals surface area (Å²) in [6, 6.07) is 6.31. The number of benzene rings is 2. The van der Waals surface area contributed by atoms with Crippen LogP contribution < -0.4 is 22.1 Å². The van der Waals surface area contributed by atoms with Crippen molar-refractivity contribution < 1.29 is 62.3 Å². The topological polar surface area (TPSA) is 110 Å². The smallest absolute Gasteiger partial charge is 0.393 e. The van der Waals surface area contributed by atoms with E-state index in [2.05, 4.69) is 0 Å². The van der Waals surface area contributed by atoms with Crippen molar-refractivity contribution in [1.82, 2.24) is 0 Å². The van der Waals surface area contributed by atoms with Gasteiger partial charge < -0.3 is 22.1 Å². The number of nitrogens with one attached hydrogen (secondary N) is 2. The van der Waals surface area contributed by atoms with E-state index in [9.17, 15) is 62.3 Å². The Morgan fingerprint density at radius 2 is 0.711 bits per heavy atom. The van der Waals surface area contributed by atoms with Crippen LogP contribution in [0.25, 0.3) is 0 Å². The molecule has 0 fully saturated rings. The molecule has 18 heteroatoms. The number of hydrogen-bond donors (Lipinski definition) is 4. The Morgan fingerprint density at radius 3 is 0.947 bits per heavy atom. The number of alkyl halides is 12. The van der Waals surface area contributed by atoms with E-state index in [0.29, 0.717) is 24.3 Å². The maximum Gasteiger partial charge on any atom is 0.393 e. The molecule has 2 aromatic carbocycles. The lowest BCUT2D eigenvalue weighted by Crippen LogP contribution is -2.73. The van der Waals surface area contributed by atoms with Crippen molar-refractivity contribution in [2.45, 2.75) is 35.5 Å². The van der Waals surface area contributed by atoms with Gasteiger partial charge in [0.1, 0.15) is 0 Å². The maximum atomic E-state index is 14.1. The molecule has 38 heavy (non-hydrogen) atoms. The van der Waals surface area contributed by atoms with Crippen molar-refractivity contribution in [3.05, 3.63) is 48.5 Å². The Labute approximate surface area is 203 Å². The minimum absolute atomic E-state index is 0.0603. The fraction of sp³-hybridized carbons (Fsp3) is 0.300.